The maximum Gasteiger partial charge on any atom is 0.255 e. The molecule has 31 heavy (non-hydrogen) atoms. The predicted octanol–water partition coefficient (Wildman–Crippen LogP) is 2.90. The third kappa shape index (κ3) is 4.68. The molecule has 2 atom stereocenters. The van der Waals surface area contributed by atoms with Gasteiger partial charge in [-0.25, -0.2) is 0 Å². The van der Waals surface area contributed by atoms with E-state index in [1.54, 1.807) is 0 Å². The number of piperidine rings is 2. The number of carbonyl (C=O) groups is 1. The smallest absolute Gasteiger partial charge is 0.255 e. The van der Waals surface area contributed by atoms with Crippen molar-refractivity contribution in [2.75, 3.05) is 26.2 Å². The third-order valence-electron chi connectivity index (χ3n) is 7.73. The number of halogens is 2. The minimum Gasteiger partial charge on any atom is -0.340 e. The summed E-state index contributed by atoms with van der Waals surface area (Å²) >= 11 is 0. The molecule has 2 N–H and O–H groups in total. The Balaban J connectivity index is 0.00000136. The van der Waals surface area contributed by atoms with E-state index >= 15 is 0 Å². The lowest BCUT2D eigenvalue weighted by Crippen LogP contribution is -2.58. The highest BCUT2D eigenvalue weighted by Gasteiger charge is 2.44. The van der Waals surface area contributed by atoms with Gasteiger partial charge in [0.1, 0.15) is 0 Å². The van der Waals surface area contributed by atoms with Gasteiger partial charge in [0.05, 0.1) is 5.54 Å². The largest absolute Gasteiger partial charge is 0.340 e. The maximum absolute atomic E-state index is 13.2. The molecule has 0 aromatic carbocycles. The van der Waals surface area contributed by atoms with Gasteiger partial charge in [-0.3, -0.25) is 14.5 Å². The molecule has 1 aromatic rings. The summed E-state index contributed by atoms with van der Waals surface area (Å²) in [5.41, 5.74) is 8.04. The van der Waals surface area contributed by atoms with Crippen molar-refractivity contribution in [1.82, 2.24) is 14.4 Å². The van der Waals surface area contributed by atoms with Crippen LogP contribution in [0.5, 0.6) is 0 Å². The van der Waals surface area contributed by atoms with Crippen molar-refractivity contribution in [3.63, 3.8) is 0 Å². The molecule has 5 rings (SSSR count). The first-order chi connectivity index (χ1) is 14.0. The molecule has 0 unspecified atom stereocenters. The van der Waals surface area contributed by atoms with Crippen molar-refractivity contribution in [3.8, 4) is 0 Å². The van der Waals surface area contributed by atoms with E-state index < -0.39 is 5.54 Å². The van der Waals surface area contributed by atoms with Crippen LogP contribution in [-0.2, 0) is 17.9 Å². The zero-order valence-corrected chi connectivity index (χ0v) is 19.9. The molecule has 1 aliphatic carbocycles. The van der Waals surface area contributed by atoms with Crippen molar-refractivity contribution in [2.45, 2.75) is 75.9 Å². The zero-order chi connectivity index (χ0) is 20.0. The van der Waals surface area contributed by atoms with Gasteiger partial charge in [0.15, 0.2) is 0 Å². The standard InChI is InChI=1S/C23H34N4O2.2ClH/c24-23(8-2-3-9-23)22(29)26-13-17-12-19(16-26)20-7-6-18(21(28)27(20)14-17)15-25-10-4-1-5-11-25;;/h6-7,17,19H,1-5,8-16,24H2;2*1H/t17-,19+;;/m0../s1. The Bertz CT molecular complexity index is 846. The Morgan fingerprint density at radius 3 is 2.42 bits per heavy atom. The molecule has 1 saturated carbocycles. The fourth-order valence-electron chi connectivity index (χ4n) is 6.17. The molecule has 1 aromatic heterocycles. The number of nitrogens with zero attached hydrogens (tertiary/aromatic N) is 3. The van der Waals surface area contributed by atoms with E-state index in [-0.39, 0.29) is 42.2 Å². The number of carbonyl (C=O) groups excluding carboxylic acids is 1. The van der Waals surface area contributed by atoms with E-state index in [1.165, 1.54) is 19.3 Å². The average Bonchev–Trinajstić information content (AvgIpc) is 3.18. The number of fused-ring (bicyclic) bond motifs is 4. The van der Waals surface area contributed by atoms with Gasteiger partial charge >= 0.3 is 0 Å². The van der Waals surface area contributed by atoms with E-state index in [2.05, 4.69) is 11.0 Å². The highest BCUT2D eigenvalue weighted by atomic mass is 35.5. The van der Waals surface area contributed by atoms with Crippen molar-refractivity contribution in [2.24, 2.45) is 11.7 Å². The summed E-state index contributed by atoms with van der Waals surface area (Å²) in [7, 11) is 0. The lowest BCUT2D eigenvalue weighted by molar-refractivity contribution is -0.139. The van der Waals surface area contributed by atoms with E-state index in [0.29, 0.717) is 12.5 Å². The van der Waals surface area contributed by atoms with Crippen molar-refractivity contribution < 1.29 is 4.79 Å². The first-order valence-corrected chi connectivity index (χ1v) is 11.6. The van der Waals surface area contributed by atoms with Crippen LogP contribution in [0.1, 0.15) is 68.5 Å². The van der Waals surface area contributed by atoms with Crippen LogP contribution in [0.3, 0.4) is 0 Å². The first-order valence-electron chi connectivity index (χ1n) is 11.6. The summed E-state index contributed by atoms with van der Waals surface area (Å²) in [6, 6.07) is 4.20. The highest BCUT2D eigenvalue weighted by molar-refractivity contribution is 5.86. The molecule has 2 saturated heterocycles. The van der Waals surface area contributed by atoms with Crippen LogP contribution in [0, 0.1) is 5.92 Å². The molecular weight excluding hydrogens is 435 g/mol. The quantitative estimate of drug-likeness (QED) is 0.736. The number of hydrogen-bond acceptors (Lipinski definition) is 4. The average molecular weight is 471 g/mol. The fourth-order valence-corrected chi connectivity index (χ4v) is 6.17. The Morgan fingerprint density at radius 2 is 1.71 bits per heavy atom. The maximum atomic E-state index is 13.2. The Kier molecular flexibility index (Phi) is 7.78. The molecule has 2 bridgehead atoms. The molecule has 174 valence electrons. The molecule has 8 heteroatoms. The SMILES string of the molecule is Cl.Cl.NC1(C(=O)N2C[C@@H]3C[C@H](C2)c2ccc(CN4CCCCC4)c(=O)n2C3)CCCC1. The predicted molar refractivity (Wildman–Crippen MR) is 127 cm³/mol. The van der Waals surface area contributed by atoms with E-state index in [0.717, 1.165) is 76.1 Å². The number of hydrogen-bond donors (Lipinski definition) is 1. The Labute approximate surface area is 197 Å². The molecule has 4 aliphatic rings. The minimum absolute atomic E-state index is 0. The highest BCUT2D eigenvalue weighted by Crippen LogP contribution is 2.37. The van der Waals surface area contributed by atoms with Gasteiger partial charge in [0.25, 0.3) is 5.56 Å². The summed E-state index contributed by atoms with van der Waals surface area (Å²) < 4.78 is 2.02. The Hall–Kier alpha value is -1.08. The van der Waals surface area contributed by atoms with Gasteiger partial charge < -0.3 is 15.2 Å². The Morgan fingerprint density at radius 1 is 1.00 bits per heavy atom. The van der Waals surface area contributed by atoms with Gasteiger partial charge in [0, 0.05) is 43.4 Å². The van der Waals surface area contributed by atoms with Crippen LogP contribution in [0.25, 0.3) is 0 Å². The molecule has 0 radical (unpaired) electrons. The second-order valence-corrected chi connectivity index (χ2v) is 9.91. The van der Waals surface area contributed by atoms with E-state index in [4.69, 9.17) is 5.73 Å². The summed E-state index contributed by atoms with van der Waals surface area (Å²) in [6.45, 7) is 5.17. The number of likely N-dealkylation sites (tertiary alicyclic amines) is 2. The lowest BCUT2D eigenvalue weighted by atomic mass is 9.82. The van der Waals surface area contributed by atoms with Crippen LogP contribution >= 0.6 is 24.8 Å². The molecule has 3 aliphatic heterocycles. The summed E-state index contributed by atoms with van der Waals surface area (Å²) in [5, 5.41) is 0. The second-order valence-electron chi connectivity index (χ2n) is 9.91. The zero-order valence-electron chi connectivity index (χ0n) is 18.3. The number of aromatic nitrogens is 1. The molecular formula is C23H36Cl2N4O2. The monoisotopic (exact) mass is 470 g/mol. The van der Waals surface area contributed by atoms with Crippen LogP contribution in [-0.4, -0.2) is 52.0 Å². The van der Waals surface area contributed by atoms with Crippen molar-refractivity contribution in [1.29, 1.82) is 0 Å². The number of amides is 1. The van der Waals surface area contributed by atoms with Gasteiger partial charge in [0.2, 0.25) is 5.91 Å². The van der Waals surface area contributed by atoms with Crippen LogP contribution in [0.4, 0.5) is 0 Å². The normalized spacial score (nSPS) is 27.1. The summed E-state index contributed by atoms with van der Waals surface area (Å²) in [6.07, 6.45) is 8.60. The van der Waals surface area contributed by atoms with Gasteiger partial charge in [-0.15, -0.1) is 24.8 Å². The van der Waals surface area contributed by atoms with Gasteiger partial charge in [-0.1, -0.05) is 25.3 Å². The fraction of sp³-hybridized carbons (Fsp3) is 0.739. The van der Waals surface area contributed by atoms with Crippen LogP contribution in [0.15, 0.2) is 16.9 Å². The van der Waals surface area contributed by atoms with Crippen molar-refractivity contribution in [3.05, 3.63) is 33.7 Å². The number of rotatable bonds is 3. The molecule has 6 nitrogen and oxygen atoms in total. The molecule has 3 fully saturated rings. The lowest BCUT2D eigenvalue weighted by Gasteiger charge is -2.45. The summed E-state index contributed by atoms with van der Waals surface area (Å²) in [4.78, 5) is 30.8. The second kappa shape index (κ2) is 9.82. The first kappa shape index (κ1) is 24.6. The topological polar surface area (TPSA) is 71.6 Å². The molecule has 1 amide bonds. The summed E-state index contributed by atoms with van der Waals surface area (Å²) in [5.74, 6) is 0.758. The van der Waals surface area contributed by atoms with Crippen molar-refractivity contribution >= 4 is 30.7 Å². The number of nitrogens with two attached hydrogens (primary N) is 1. The van der Waals surface area contributed by atoms with Crippen LogP contribution in [0.2, 0.25) is 0 Å². The molecule has 4 heterocycles. The van der Waals surface area contributed by atoms with E-state index in [9.17, 15) is 9.59 Å². The number of pyridine rings is 1. The minimum atomic E-state index is -0.649. The van der Waals surface area contributed by atoms with Crippen LogP contribution < -0.4 is 11.3 Å². The van der Waals surface area contributed by atoms with Gasteiger partial charge in [-0.05, 0) is 57.2 Å². The molecule has 0 spiro atoms. The van der Waals surface area contributed by atoms with E-state index in [1.807, 2.05) is 15.5 Å². The van der Waals surface area contributed by atoms with Gasteiger partial charge in [-0.2, -0.15) is 0 Å². The third-order valence-corrected chi connectivity index (χ3v) is 7.73.